The Bertz CT molecular complexity index is 381. The lowest BCUT2D eigenvalue weighted by atomic mass is 10.0. The van der Waals surface area contributed by atoms with Crippen LogP contribution in [0.5, 0.6) is 5.75 Å². The van der Waals surface area contributed by atoms with Gasteiger partial charge in [-0.1, -0.05) is 6.07 Å². The zero-order valence-corrected chi connectivity index (χ0v) is 9.68. The van der Waals surface area contributed by atoms with Gasteiger partial charge in [-0.05, 0) is 19.1 Å². The first-order valence-electron chi connectivity index (χ1n) is 5.54. The summed E-state index contributed by atoms with van der Waals surface area (Å²) in [5.74, 6) is 0.738. The number of benzene rings is 1. The maximum Gasteiger partial charge on any atom is 0.165 e. The van der Waals surface area contributed by atoms with Crippen LogP contribution in [0.1, 0.15) is 13.3 Å². The minimum Gasteiger partial charge on any atom is -0.484 e. The van der Waals surface area contributed by atoms with Crippen molar-refractivity contribution in [1.82, 2.24) is 0 Å². The predicted molar refractivity (Wildman–Crippen MR) is 64.8 cm³/mol. The molecule has 0 saturated carbocycles. The lowest BCUT2D eigenvalue weighted by molar-refractivity contribution is 0.125. The van der Waals surface area contributed by atoms with Crippen molar-refractivity contribution in [3.05, 3.63) is 18.2 Å². The molecule has 0 amide bonds. The number of aliphatic hydroxyl groups is 1. The Balaban J connectivity index is 2.36. The van der Waals surface area contributed by atoms with Crippen LogP contribution in [0.2, 0.25) is 0 Å². The highest BCUT2D eigenvalue weighted by Gasteiger charge is 2.31. The maximum absolute atomic E-state index is 9.01. The number of anilines is 2. The second-order valence-corrected chi connectivity index (χ2v) is 4.22. The first-order chi connectivity index (χ1) is 7.65. The van der Waals surface area contributed by atoms with Gasteiger partial charge >= 0.3 is 0 Å². The molecule has 2 atom stereocenters. The molecular formula is C12H18N2O2. The zero-order chi connectivity index (χ0) is 11.7. The molecule has 2 unspecified atom stereocenters. The number of likely N-dealkylation sites (N-methyl/N-ethyl adjacent to an activating group) is 1. The van der Waals surface area contributed by atoms with Gasteiger partial charge in [0.15, 0.2) is 5.75 Å². The van der Waals surface area contributed by atoms with Gasteiger partial charge in [-0.15, -0.1) is 0 Å². The van der Waals surface area contributed by atoms with E-state index in [0.717, 1.165) is 11.4 Å². The van der Waals surface area contributed by atoms with Crippen LogP contribution in [0.3, 0.4) is 0 Å². The summed E-state index contributed by atoms with van der Waals surface area (Å²) in [6.45, 7) is 2.22. The highest BCUT2D eigenvalue weighted by atomic mass is 16.5. The molecule has 0 bridgehead atoms. The Hall–Kier alpha value is -1.42. The number of fused-ring (bicyclic) bond motifs is 1. The van der Waals surface area contributed by atoms with Crippen molar-refractivity contribution >= 4 is 11.4 Å². The lowest BCUT2D eigenvalue weighted by Gasteiger charge is -2.40. The van der Waals surface area contributed by atoms with E-state index in [0.29, 0.717) is 12.1 Å². The van der Waals surface area contributed by atoms with E-state index in [9.17, 15) is 0 Å². The van der Waals surface area contributed by atoms with Crippen LogP contribution in [-0.4, -0.2) is 30.9 Å². The Kier molecular flexibility index (Phi) is 2.92. The Morgan fingerprint density at radius 3 is 2.94 bits per heavy atom. The SMILES string of the molecule is CC1C(CCO)Oc2c(N)cccc2N1C. The minimum atomic E-state index is -0.00722. The van der Waals surface area contributed by atoms with Gasteiger partial charge < -0.3 is 20.5 Å². The fourth-order valence-electron chi connectivity index (χ4n) is 2.09. The van der Waals surface area contributed by atoms with E-state index in [1.807, 2.05) is 25.2 Å². The van der Waals surface area contributed by atoms with Gasteiger partial charge in [-0.3, -0.25) is 0 Å². The molecule has 88 valence electrons. The summed E-state index contributed by atoms with van der Waals surface area (Å²) in [4.78, 5) is 2.15. The summed E-state index contributed by atoms with van der Waals surface area (Å²) in [6.07, 6.45) is 0.617. The first-order valence-corrected chi connectivity index (χ1v) is 5.54. The first kappa shape index (κ1) is 11.1. The predicted octanol–water partition coefficient (Wildman–Crippen LogP) is 1.24. The molecule has 4 heteroatoms. The molecule has 0 fully saturated rings. The van der Waals surface area contributed by atoms with Crippen molar-refractivity contribution in [2.45, 2.75) is 25.5 Å². The molecule has 0 aromatic heterocycles. The van der Waals surface area contributed by atoms with Gasteiger partial charge in [-0.2, -0.15) is 0 Å². The van der Waals surface area contributed by atoms with Crippen LogP contribution in [-0.2, 0) is 0 Å². The Labute approximate surface area is 95.6 Å². The topological polar surface area (TPSA) is 58.7 Å². The summed E-state index contributed by atoms with van der Waals surface area (Å²) in [5.41, 5.74) is 7.56. The highest BCUT2D eigenvalue weighted by molar-refractivity contribution is 5.71. The number of aliphatic hydroxyl groups excluding tert-OH is 1. The quantitative estimate of drug-likeness (QED) is 0.739. The van der Waals surface area contributed by atoms with Crippen LogP contribution < -0.4 is 15.4 Å². The van der Waals surface area contributed by atoms with Crippen molar-refractivity contribution in [2.24, 2.45) is 0 Å². The number of hydrogen-bond acceptors (Lipinski definition) is 4. The molecule has 1 aliphatic rings. The monoisotopic (exact) mass is 222 g/mol. The summed E-state index contributed by atoms with van der Waals surface area (Å²) >= 11 is 0. The molecule has 16 heavy (non-hydrogen) atoms. The molecule has 4 nitrogen and oxygen atoms in total. The van der Waals surface area contributed by atoms with Crippen LogP contribution in [0.4, 0.5) is 11.4 Å². The Morgan fingerprint density at radius 1 is 1.50 bits per heavy atom. The largest absolute Gasteiger partial charge is 0.484 e. The van der Waals surface area contributed by atoms with Crippen molar-refractivity contribution in [3.8, 4) is 5.75 Å². The van der Waals surface area contributed by atoms with E-state index in [2.05, 4.69) is 11.8 Å². The van der Waals surface area contributed by atoms with Gasteiger partial charge in [0.05, 0.1) is 17.4 Å². The Morgan fingerprint density at radius 2 is 2.25 bits per heavy atom. The average molecular weight is 222 g/mol. The number of nitrogens with two attached hydrogens (primary N) is 1. The molecule has 2 rings (SSSR count). The molecule has 1 aromatic carbocycles. The van der Waals surface area contributed by atoms with E-state index in [4.69, 9.17) is 15.6 Å². The van der Waals surface area contributed by atoms with E-state index in [1.54, 1.807) is 0 Å². The molecule has 1 aliphatic heterocycles. The maximum atomic E-state index is 9.01. The number of hydrogen-bond donors (Lipinski definition) is 2. The molecule has 0 spiro atoms. The highest BCUT2D eigenvalue weighted by Crippen LogP contribution is 2.40. The normalized spacial score (nSPS) is 23.8. The van der Waals surface area contributed by atoms with E-state index in [1.165, 1.54) is 0 Å². The summed E-state index contributed by atoms with van der Waals surface area (Å²) in [7, 11) is 2.02. The molecular weight excluding hydrogens is 204 g/mol. The molecule has 3 N–H and O–H groups in total. The standard InChI is InChI=1S/C12H18N2O2/c1-8-11(6-7-15)16-12-9(13)4-3-5-10(12)14(8)2/h3-5,8,11,15H,6-7,13H2,1-2H3. The van der Waals surface area contributed by atoms with Crippen molar-refractivity contribution in [2.75, 3.05) is 24.3 Å². The third-order valence-corrected chi connectivity index (χ3v) is 3.24. The van der Waals surface area contributed by atoms with E-state index >= 15 is 0 Å². The molecule has 1 heterocycles. The van der Waals surface area contributed by atoms with Gasteiger partial charge in [0.1, 0.15) is 6.10 Å². The average Bonchev–Trinajstić information content (AvgIpc) is 2.27. The van der Waals surface area contributed by atoms with Crippen LogP contribution in [0.15, 0.2) is 18.2 Å². The molecule has 0 aliphatic carbocycles. The number of nitrogen functional groups attached to an aromatic ring is 1. The van der Waals surface area contributed by atoms with Crippen molar-refractivity contribution in [3.63, 3.8) is 0 Å². The third-order valence-electron chi connectivity index (χ3n) is 3.24. The van der Waals surface area contributed by atoms with Crippen LogP contribution in [0, 0.1) is 0 Å². The summed E-state index contributed by atoms with van der Waals surface area (Å²) < 4.78 is 5.86. The molecule has 1 aromatic rings. The van der Waals surface area contributed by atoms with Gasteiger partial charge in [0, 0.05) is 20.1 Å². The number of ether oxygens (including phenoxy) is 1. The van der Waals surface area contributed by atoms with Crippen LogP contribution in [0.25, 0.3) is 0 Å². The second-order valence-electron chi connectivity index (χ2n) is 4.22. The molecule has 0 saturated heterocycles. The van der Waals surface area contributed by atoms with Crippen molar-refractivity contribution in [1.29, 1.82) is 0 Å². The number of nitrogens with zero attached hydrogens (tertiary/aromatic N) is 1. The van der Waals surface area contributed by atoms with E-state index < -0.39 is 0 Å². The lowest BCUT2D eigenvalue weighted by Crippen LogP contribution is -2.46. The fraction of sp³-hybridized carbons (Fsp3) is 0.500. The molecule has 0 radical (unpaired) electrons. The third kappa shape index (κ3) is 1.69. The number of para-hydroxylation sites is 1. The van der Waals surface area contributed by atoms with Gasteiger partial charge in [0.2, 0.25) is 0 Å². The minimum absolute atomic E-state index is 0.00722. The number of rotatable bonds is 2. The van der Waals surface area contributed by atoms with Crippen LogP contribution >= 0.6 is 0 Å². The smallest absolute Gasteiger partial charge is 0.165 e. The van der Waals surface area contributed by atoms with Gasteiger partial charge in [-0.25, -0.2) is 0 Å². The van der Waals surface area contributed by atoms with E-state index in [-0.39, 0.29) is 18.8 Å². The summed E-state index contributed by atoms with van der Waals surface area (Å²) in [6, 6.07) is 5.99. The second kappa shape index (κ2) is 4.22. The summed E-state index contributed by atoms with van der Waals surface area (Å²) in [5, 5.41) is 9.01. The van der Waals surface area contributed by atoms with Crippen molar-refractivity contribution < 1.29 is 9.84 Å². The fourth-order valence-corrected chi connectivity index (χ4v) is 2.09. The zero-order valence-electron chi connectivity index (χ0n) is 9.68. The van der Waals surface area contributed by atoms with Gasteiger partial charge in [0.25, 0.3) is 0 Å².